The fourth-order valence-electron chi connectivity index (χ4n) is 1.33. The number of hydrogen-bond acceptors (Lipinski definition) is 2. The van der Waals surface area contributed by atoms with Gasteiger partial charge in [0.15, 0.2) is 0 Å². The lowest BCUT2D eigenvalue weighted by Gasteiger charge is -2.09. The fraction of sp³-hybridized carbons (Fsp3) is 0.417. The van der Waals surface area contributed by atoms with Gasteiger partial charge in [-0.25, -0.2) is 0 Å². The molecule has 1 N–H and O–H groups in total. The molecule has 1 aromatic heterocycles. The van der Waals surface area contributed by atoms with Crippen molar-refractivity contribution in [2.75, 3.05) is 7.05 Å². The predicted octanol–water partition coefficient (Wildman–Crippen LogP) is 2.48. The van der Waals surface area contributed by atoms with E-state index >= 15 is 0 Å². The third kappa shape index (κ3) is 3.71. The summed E-state index contributed by atoms with van der Waals surface area (Å²) in [6.07, 6.45) is 10.2. The van der Waals surface area contributed by atoms with E-state index in [1.807, 2.05) is 19.3 Å². The Balaban J connectivity index is 2.41. The molecule has 0 aliphatic heterocycles. The van der Waals surface area contributed by atoms with Crippen molar-refractivity contribution in [2.24, 2.45) is 0 Å². The minimum Gasteiger partial charge on any atom is -0.317 e. The van der Waals surface area contributed by atoms with Crippen molar-refractivity contribution in [3.05, 3.63) is 36.2 Å². The molecule has 0 aromatic carbocycles. The van der Waals surface area contributed by atoms with Crippen molar-refractivity contribution in [3.63, 3.8) is 0 Å². The van der Waals surface area contributed by atoms with Gasteiger partial charge in [-0.2, -0.15) is 0 Å². The molecule has 0 aliphatic carbocycles. The van der Waals surface area contributed by atoms with Crippen LogP contribution in [-0.4, -0.2) is 18.1 Å². The van der Waals surface area contributed by atoms with Gasteiger partial charge in [-0.1, -0.05) is 25.1 Å². The van der Waals surface area contributed by atoms with Crippen LogP contribution in [0.15, 0.2) is 30.6 Å². The molecule has 14 heavy (non-hydrogen) atoms. The third-order valence-electron chi connectivity index (χ3n) is 2.32. The van der Waals surface area contributed by atoms with Crippen LogP contribution in [0, 0.1) is 0 Å². The molecular formula is C12H18N2. The Morgan fingerprint density at radius 3 is 3.00 bits per heavy atom. The topological polar surface area (TPSA) is 24.9 Å². The predicted molar refractivity (Wildman–Crippen MR) is 61.0 cm³/mol. The molecule has 0 amide bonds. The highest BCUT2D eigenvalue weighted by atomic mass is 14.9. The van der Waals surface area contributed by atoms with Crippen molar-refractivity contribution < 1.29 is 0 Å². The Kier molecular flexibility index (Phi) is 4.94. The first-order valence-electron chi connectivity index (χ1n) is 5.10. The Morgan fingerprint density at radius 1 is 1.57 bits per heavy atom. The second kappa shape index (κ2) is 6.33. The number of nitrogens with zero attached hydrogens (tertiary/aromatic N) is 1. The summed E-state index contributed by atoms with van der Waals surface area (Å²) in [5.74, 6) is 0. The van der Waals surface area contributed by atoms with Gasteiger partial charge in [0.2, 0.25) is 0 Å². The van der Waals surface area contributed by atoms with Crippen molar-refractivity contribution in [1.82, 2.24) is 10.3 Å². The van der Waals surface area contributed by atoms with Gasteiger partial charge in [-0.15, -0.1) is 0 Å². The maximum Gasteiger partial charge on any atom is 0.0340 e. The standard InChI is InChI=1S/C12H18N2/c1-3-12(13-2)8-4-6-11-7-5-9-14-10-11/h4-7,9-10,12-13H,3,8H2,1-2H3/b6-4+. The van der Waals surface area contributed by atoms with Crippen molar-refractivity contribution in [3.8, 4) is 0 Å². The molecule has 0 saturated carbocycles. The maximum absolute atomic E-state index is 4.06. The number of aromatic nitrogens is 1. The molecule has 1 heterocycles. The van der Waals surface area contributed by atoms with Gasteiger partial charge in [-0.05, 0) is 31.5 Å². The molecule has 1 atom stereocenters. The summed E-state index contributed by atoms with van der Waals surface area (Å²) < 4.78 is 0. The Hall–Kier alpha value is -1.15. The molecule has 1 unspecified atom stereocenters. The summed E-state index contributed by atoms with van der Waals surface area (Å²) in [6.45, 7) is 2.19. The Morgan fingerprint density at radius 2 is 2.43 bits per heavy atom. The lowest BCUT2D eigenvalue weighted by Crippen LogP contribution is -2.22. The minimum absolute atomic E-state index is 0.586. The molecule has 0 bridgehead atoms. The van der Waals surface area contributed by atoms with Crippen LogP contribution in [0.3, 0.4) is 0 Å². The Bertz CT molecular complexity index is 263. The van der Waals surface area contributed by atoms with E-state index in [2.05, 4.69) is 35.4 Å². The molecule has 0 saturated heterocycles. The number of nitrogens with one attached hydrogen (secondary N) is 1. The van der Waals surface area contributed by atoms with Gasteiger partial charge < -0.3 is 5.32 Å². The molecule has 0 spiro atoms. The van der Waals surface area contributed by atoms with Crippen LogP contribution in [0.2, 0.25) is 0 Å². The molecule has 1 rings (SSSR count). The molecule has 0 radical (unpaired) electrons. The van der Waals surface area contributed by atoms with E-state index in [1.165, 1.54) is 5.56 Å². The second-order valence-electron chi connectivity index (χ2n) is 3.32. The normalized spacial score (nSPS) is 13.3. The van der Waals surface area contributed by atoms with Gasteiger partial charge >= 0.3 is 0 Å². The van der Waals surface area contributed by atoms with Gasteiger partial charge in [0, 0.05) is 18.4 Å². The van der Waals surface area contributed by atoms with E-state index in [0.29, 0.717) is 6.04 Å². The smallest absolute Gasteiger partial charge is 0.0340 e. The van der Waals surface area contributed by atoms with E-state index < -0.39 is 0 Å². The highest BCUT2D eigenvalue weighted by Crippen LogP contribution is 2.03. The molecule has 0 aliphatic rings. The van der Waals surface area contributed by atoms with Gasteiger partial charge in [-0.3, -0.25) is 4.98 Å². The van der Waals surface area contributed by atoms with Crippen LogP contribution in [0.4, 0.5) is 0 Å². The summed E-state index contributed by atoms with van der Waals surface area (Å²) >= 11 is 0. The average Bonchev–Trinajstić information content (AvgIpc) is 2.26. The van der Waals surface area contributed by atoms with E-state index in [1.54, 1.807) is 6.20 Å². The largest absolute Gasteiger partial charge is 0.317 e. The van der Waals surface area contributed by atoms with Crippen LogP contribution in [0.25, 0.3) is 6.08 Å². The van der Waals surface area contributed by atoms with Gasteiger partial charge in [0.05, 0.1) is 0 Å². The van der Waals surface area contributed by atoms with Crippen LogP contribution in [0.5, 0.6) is 0 Å². The lowest BCUT2D eigenvalue weighted by molar-refractivity contribution is 0.553. The zero-order chi connectivity index (χ0) is 10.2. The molecule has 2 heteroatoms. The van der Waals surface area contributed by atoms with E-state index in [-0.39, 0.29) is 0 Å². The maximum atomic E-state index is 4.06. The van der Waals surface area contributed by atoms with E-state index in [4.69, 9.17) is 0 Å². The third-order valence-corrected chi connectivity index (χ3v) is 2.32. The first kappa shape index (κ1) is 10.9. The van der Waals surface area contributed by atoms with Gasteiger partial charge in [0.1, 0.15) is 0 Å². The summed E-state index contributed by atoms with van der Waals surface area (Å²) in [5, 5.41) is 3.27. The van der Waals surface area contributed by atoms with Gasteiger partial charge in [0.25, 0.3) is 0 Å². The molecule has 0 fully saturated rings. The fourth-order valence-corrected chi connectivity index (χ4v) is 1.33. The van der Waals surface area contributed by atoms with Crippen molar-refractivity contribution in [2.45, 2.75) is 25.8 Å². The first-order chi connectivity index (χ1) is 6.86. The summed E-state index contributed by atoms with van der Waals surface area (Å²) in [4.78, 5) is 4.06. The summed E-state index contributed by atoms with van der Waals surface area (Å²) in [7, 11) is 2.01. The lowest BCUT2D eigenvalue weighted by atomic mass is 10.1. The molecule has 1 aromatic rings. The van der Waals surface area contributed by atoms with Crippen LogP contribution < -0.4 is 5.32 Å². The molecular weight excluding hydrogens is 172 g/mol. The Labute approximate surface area is 86.1 Å². The van der Waals surface area contributed by atoms with E-state index in [9.17, 15) is 0 Å². The highest BCUT2D eigenvalue weighted by Gasteiger charge is 1.97. The zero-order valence-corrected chi connectivity index (χ0v) is 8.90. The monoisotopic (exact) mass is 190 g/mol. The van der Waals surface area contributed by atoms with Crippen molar-refractivity contribution >= 4 is 6.08 Å². The van der Waals surface area contributed by atoms with Crippen molar-refractivity contribution in [1.29, 1.82) is 0 Å². The van der Waals surface area contributed by atoms with E-state index in [0.717, 1.165) is 12.8 Å². The van der Waals surface area contributed by atoms with Crippen LogP contribution in [-0.2, 0) is 0 Å². The first-order valence-corrected chi connectivity index (χ1v) is 5.10. The SMILES string of the molecule is CCC(C/C=C/c1cccnc1)NC. The number of pyridine rings is 1. The zero-order valence-electron chi connectivity index (χ0n) is 8.90. The quantitative estimate of drug-likeness (QED) is 0.771. The highest BCUT2D eigenvalue weighted by molar-refractivity contribution is 5.47. The number of hydrogen-bond donors (Lipinski definition) is 1. The summed E-state index contributed by atoms with van der Waals surface area (Å²) in [6, 6.07) is 4.60. The average molecular weight is 190 g/mol. The van der Waals surface area contributed by atoms with Crippen LogP contribution in [0.1, 0.15) is 25.3 Å². The molecule has 2 nitrogen and oxygen atoms in total. The second-order valence-corrected chi connectivity index (χ2v) is 3.32. The summed E-state index contributed by atoms with van der Waals surface area (Å²) in [5.41, 5.74) is 1.17. The van der Waals surface area contributed by atoms with Crippen LogP contribution >= 0.6 is 0 Å². The minimum atomic E-state index is 0.586. The molecule has 76 valence electrons. The number of rotatable bonds is 5.